The van der Waals surface area contributed by atoms with Crippen molar-refractivity contribution in [3.8, 4) is 0 Å². The zero-order chi connectivity index (χ0) is 17.6. The Labute approximate surface area is 156 Å². The molecule has 2 nitrogen and oxygen atoms in total. The van der Waals surface area contributed by atoms with Crippen LogP contribution in [0.5, 0.6) is 0 Å². The summed E-state index contributed by atoms with van der Waals surface area (Å²) < 4.78 is 5.76. The Bertz CT molecular complexity index is 743. The van der Waals surface area contributed by atoms with E-state index in [1.54, 1.807) is 0 Å². The van der Waals surface area contributed by atoms with Gasteiger partial charge in [-0.1, -0.05) is 91.0 Å². The predicted octanol–water partition coefficient (Wildman–Crippen LogP) is 4.70. The Hall–Kier alpha value is -2.42. The lowest BCUT2D eigenvalue weighted by molar-refractivity contribution is 0.144. The Kier molecular flexibility index (Phi) is 5.44. The first-order valence-corrected chi connectivity index (χ1v) is 9.36. The second-order valence-electron chi connectivity index (χ2n) is 7.01. The van der Waals surface area contributed by atoms with E-state index >= 15 is 0 Å². The molecule has 3 aromatic rings. The fourth-order valence-corrected chi connectivity index (χ4v) is 3.56. The van der Waals surface area contributed by atoms with Gasteiger partial charge in [-0.2, -0.15) is 0 Å². The molecule has 1 aliphatic rings. The first-order valence-electron chi connectivity index (χ1n) is 9.36. The van der Waals surface area contributed by atoms with Gasteiger partial charge < -0.3 is 4.74 Å². The van der Waals surface area contributed by atoms with E-state index in [1.807, 2.05) is 0 Å². The Morgan fingerprint density at radius 1 is 0.692 bits per heavy atom. The number of hydrogen-bond acceptors (Lipinski definition) is 2. The summed E-state index contributed by atoms with van der Waals surface area (Å²) in [6.07, 6.45) is 1.35. The van der Waals surface area contributed by atoms with E-state index in [2.05, 4.69) is 95.9 Å². The van der Waals surface area contributed by atoms with Gasteiger partial charge in [0.25, 0.3) is 0 Å². The van der Waals surface area contributed by atoms with Crippen molar-refractivity contribution in [2.24, 2.45) is 0 Å². The fraction of sp³-hybridized carbons (Fsp3) is 0.250. The van der Waals surface area contributed by atoms with Crippen molar-refractivity contribution in [1.29, 1.82) is 0 Å². The standard InChI is InChI=1S/C24H25NO/c1-4-10-20(11-5-1)16-23(24-19-26-24)25(17-21-12-6-2-7-13-21)18-22-14-8-3-9-15-22/h1-15,23-24H,16-19H2/t23-,24+/m1/s1. The van der Waals surface area contributed by atoms with Gasteiger partial charge >= 0.3 is 0 Å². The highest BCUT2D eigenvalue weighted by atomic mass is 16.6. The lowest BCUT2D eigenvalue weighted by Crippen LogP contribution is -2.40. The average Bonchev–Trinajstić information content (AvgIpc) is 3.53. The van der Waals surface area contributed by atoms with E-state index in [4.69, 9.17) is 4.74 Å². The molecule has 1 fully saturated rings. The van der Waals surface area contributed by atoms with Gasteiger partial charge in [-0.05, 0) is 23.1 Å². The third kappa shape index (κ3) is 4.60. The molecule has 0 N–H and O–H groups in total. The number of ether oxygens (including phenoxy) is 1. The summed E-state index contributed by atoms with van der Waals surface area (Å²) in [7, 11) is 0. The number of epoxide rings is 1. The fourth-order valence-electron chi connectivity index (χ4n) is 3.56. The van der Waals surface area contributed by atoms with Crippen LogP contribution < -0.4 is 0 Å². The quantitative estimate of drug-likeness (QED) is 0.551. The van der Waals surface area contributed by atoms with Gasteiger partial charge in [0.05, 0.1) is 12.7 Å². The van der Waals surface area contributed by atoms with Gasteiger partial charge in [-0.3, -0.25) is 4.90 Å². The number of rotatable bonds is 8. The van der Waals surface area contributed by atoms with Gasteiger partial charge in [-0.25, -0.2) is 0 Å². The van der Waals surface area contributed by atoms with E-state index < -0.39 is 0 Å². The maximum Gasteiger partial charge on any atom is 0.0968 e. The van der Waals surface area contributed by atoms with Crippen molar-refractivity contribution in [2.75, 3.05) is 6.61 Å². The van der Waals surface area contributed by atoms with Gasteiger partial charge in [0.2, 0.25) is 0 Å². The van der Waals surface area contributed by atoms with Crippen LogP contribution in [0.3, 0.4) is 0 Å². The molecule has 4 rings (SSSR count). The van der Waals surface area contributed by atoms with Gasteiger partial charge in [0.15, 0.2) is 0 Å². The maximum atomic E-state index is 5.76. The molecule has 1 aliphatic heterocycles. The minimum Gasteiger partial charge on any atom is -0.371 e. The van der Waals surface area contributed by atoms with Crippen LogP contribution in [0.25, 0.3) is 0 Å². The summed E-state index contributed by atoms with van der Waals surface area (Å²) in [6.45, 7) is 2.75. The van der Waals surface area contributed by atoms with Crippen LogP contribution in [0.15, 0.2) is 91.0 Å². The van der Waals surface area contributed by atoms with Crippen molar-refractivity contribution < 1.29 is 4.74 Å². The molecule has 0 bridgehead atoms. The highest BCUT2D eigenvalue weighted by Crippen LogP contribution is 2.26. The van der Waals surface area contributed by atoms with Crippen LogP contribution in [0.4, 0.5) is 0 Å². The Morgan fingerprint density at radius 3 is 1.54 bits per heavy atom. The summed E-state index contributed by atoms with van der Waals surface area (Å²) in [4.78, 5) is 2.58. The van der Waals surface area contributed by atoms with Crippen LogP contribution in [-0.4, -0.2) is 23.7 Å². The van der Waals surface area contributed by atoms with Crippen molar-refractivity contribution >= 4 is 0 Å². The van der Waals surface area contributed by atoms with E-state index in [9.17, 15) is 0 Å². The molecular formula is C24H25NO. The number of hydrogen-bond donors (Lipinski definition) is 0. The molecule has 0 aliphatic carbocycles. The van der Waals surface area contributed by atoms with Crippen LogP contribution in [-0.2, 0) is 24.2 Å². The zero-order valence-corrected chi connectivity index (χ0v) is 15.0. The minimum atomic E-state index is 0.336. The van der Waals surface area contributed by atoms with Gasteiger partial charge in [0, 0.05) is 19.1 Å². The maximum absolute atomic E-state index is 5.76. The SMILES string of the molecule is c1ccc(C[C@H]([C@@H]2CO2)N(Cc2ccccc2)Cc2ccccc2)cc1. The molecule has 0 aromatic heterocycles. The van der Waals surface area contributed by atoms with E-state index in [1.165, 1.54) is 16.7 Å². The monoisotopic (exact) mass is 343 g/mol. The summed E-state index contributed by atoms with van der Waals surface area (Å²) in [5, 5.41) is 0. The molecule has 0 unspecified atom stereocenters. The molecule has 2 atom stereocenters. The average molecular weight is 343 g/mol. The van der Waals surface area contributed by atoms with Crippen molar-refractivity contribution in [3.63, 3.8) is 0 Å². The van der Waals surface area contributed by atoms with E-state index in [0.29, 0.717) is 12.1 Å². The van der Waals surface area contributed by atoms with Crippen LogP contribution in [0, 0.1) is 0 Å². The predicted molar refractivity (Wildman–Crippen MR) is 106 cm³/mol. The second-order valence-corrected chi connectivity index (χ2v) is 7.01. The highest BCUT2D eigenvalue weighted by molar-refractivity contribution is 5.20. The van der Waals surface area contributed by atoms with E-state index in [0.717, 1.165) is 26.1 Å². The van der Waals surface area contributed by atoms with Crippen LogP contribution in [0.1, 0.15) is 16.7 Å². The first kappa shape index (κ1) is 17.0. The van der Waals surface area contributed by atoms with Crippen LogP contribution >= 0.6 is 0 Å². The normalized spacial score (nSPS) is 17.2. The van der Waals surface area contributed by atoms with Gasteiger partial charge in [0.1, 0.15) is 0 Å². The number of nitrogens with zero attached hydrogens (tertiary/aromatic N) is 1. The lowest BCUT2D eigenvalue weighted by atomic mass is 10.0. The molecule has 0 radical (unpaired) electrons. The third-order valence-corrected chi connectivity index (χ3v) is 5.00. The molecule has 3 aromatic carbocycles. The second kappa shape index (κ2) is 8.31. The molecular weight excluding hydrogens is 318 g/mol. The summed E-state index contributed by atoms with van der Waals surface area (Å²) >= 11 is 0. The lowest BCUT2D eigenvalue weighted by Gasteiger charge is -2.31. The molecule has 26 heavy (non-hydrogen) atoms. The number of benzene rings is 3. The third-order valence-electron chi connectivity index (χ3n) is 5.00. The Morgan fingerprint density at radius 2 is 1.12 bits per heavy atom. The van der Waals surface area contributed by atoms with E-state index in [-0.39, 0.29) is 0 Å². The first-order chi connectivity index (χ1) is 12.9. The zero-order valence-electron chi connectivity index (χ0n) is 15.0. The molecule has 132 valence electrons. The summed E-state index contributed by atoms with van der Waals surface area (Å²) in [6, 6.07) is 32.7. The van der Waals surface area contributed by atoms with Gasteiger partial charge in [-0.15, -0.1) is 0 Å². The topological polar surface area (TPSA) is 15.8 Å². The molecule has 0 spiro atoms. The molecule has 0 saturated carbocycles. The molecule has 0 amide bonds. The minimum absolute atomic E-state index is 0.336. The molecule has 1 saturated heterocycles. The molecule has 2 heteroatoms. The highest BCUT2D eigenvalue weighted by Gasteiger charge is 2.36. The largest absolute Gasteiger partial charge is 0.371 e. The van der Waals surface area contributed by atoms with Crippen LogP contribution in [0.2, 0.25) is 0 Å². The van der Waals surface area contributed by atoms with Crippen molar-refractivity contribution in [2.45, 2.75) is 31.7 Å². The summed E-state index contributed by atoms with van der Waals surface area (Å²) in [5.74, 6) is 0. The smallest absolute Gasteiger partial charge is 0.0968 e. The molecule has 1 heterocycles. The van der Waals surface area contributed by atoms with Crippen molar-refractivity contribution in [1.82, 2.24) is 4.90 Å². The van der Waals surface area contributed by atoms with Crippen molar-refractivity contribution in [3.05, 3.63) is 108 Å². The summed E-state index contributed by atoms with van der Waals surface area (Å²) in [5.41, 5.74) is 4.07. The Balaban J connectivity index is 1.58.